The first-order valence-corrected chi connectivity index (χ1v) is 7.13. The van der Waals surface area contributed by atoms with E-state index in [1.807, 2.05) is 12.1 Å². The van der Waals surface area contributed by atoms with Gasteiger partial charge in [-0.3, -0.25) is 0 Å². The van der Waals surface area contributed by atoms with Crippen LogP contribution >= 0.6 is 0 Å². The van der Waals surface area contributed by atoms with Crippen molar-refractivity contribution in [1.82, 2.24) is 19.5 Å². The summed E-state index contributed by atoms with van der Waals surface area (Å²) < 4.78 is 41.3. The Morgan fingerprint density at radius 3 is 2.64 bits per heavy atom. The van der Waals surface area contributed by atoms with Gasteiger partial charge >= 0.3 is 132 Å². The van der Waals surface area contributed by atoms with Gasteiger partial charge in [0.15, 0.2) is 0 Å². The van der Waals surface area contributed by atoms with Crippen molar-refractivity contribution in [3.63, 3.8) is 0 Å². The minimum atomic E-state index is -4.63. The molecule has 1 N–H and O–H groups in total. The molecule has 0 bridgehead atoms. The molecule has 1 aromatic carbocycles. The molecule has 3 aromatic rings. The Bertz CT molecular complexity index is 843. The first-order valence-electron chi connectivity index (χ1n) is 6.19. The van der Waals surface area contributed by atoms with Crippen LogP contribution in [0.15, 0.2) is 30.6 Å². The molecule has 0 saturated heterocycles. The summed E-state index contributed by atoms with van der Waals surface area (Å²) in [5.41, 5.74) is 1.06. The fraction of sp³-hybridized carbons (Fsp3) is 0.154. The van der Waals surface area contributed by atoms with Crippen LogP contribution in [-0.4, -0.2) is 43.4 Å². The van der Waals surface area contributed by atoms with Gasteiger partial charge in [-0.25, -0.2) is 0 Å². The van der Waals surface area contributed by atoms with Gasteiger partial charge in [0.1, 0.15) is 0 Å². The molecule has 112 valence electrons. The molecule has 0 atom stereocenters. The van der Waals surface area contributed by atoms with Crippen LogP contribution in [0.3, 0.4) is 0 Å². The molecular weight excluding hydrogens is 358 g/mol. The van der Waals surface area contributed by atoms with Crippen LogP contribution in [-0.2, 0) is 6.18 Å². The average molecular weight is 367 g/mol. The minimum absolute atomic E-state index is 0.0412. The Morgan fingerprint density at radius 2 is 2.00 bits per heavy atom. The number of halogens is 3. The summed E-state index contributed by atoms with van der Waals surface area (Å²) in [5.74, 6) is -1.16. The predicted molar refractivity (Wildman–Crippen MR) is 76.6 cm³/mol. The van der Waals surface area contributed by atoms with Gasteiger partial charge in [0, 0.05) is 0 Å². The zero-order valence-electron chi connectivity index (χ0n) is 11.3. The molecule has 0 unspecified atom stereocenters. The second-order valence-corrected chi connectivity index (χ2v) is 5.53. The summed E-state index contributed by atoms with van der Waals surface area (Å²) in [6.07, 6.45) is -3.19. The van der Waals surface area contributed by atoms with Crippen molar-refractivity contribution in [2.45, 2.75) is 6.18 Å². The summed E-state index contributed by atoms with van der Waals surface area (Å²) in [6.45, 7) is 0. The molecular formula is C13H9AsF3N5. The summed E-state index contributed by atoms with van der Waals surface area (Å²) in [6, 6.07) is 7.26. The number of hydrogen-bond donors (Lipinski definition) is 1. The van der Waals surface area contributed by atoms with Gasteiger partial charge < -0.3 is 0 Å². The first kappa shape index (κ1) is 14.8. The Kier molecular flexibility index (Phi) is 3.56. The molecule has 0 aliphatic rings. The molecule has 0 spiro atoms. The number of nitrogens with one attached hydrogen (secondary N) is 1. The quantitative estimate of drug-likeness (QED) is 0.701. The number of aromatic nitrogens is 4. The first-order chi connectivity index (χ1) is 10.4. The Hall–Kier alpha value is -2.08. The van der Waals surface area contributed by atoms with Crippen molar-refractivity contribution in [2.24, 2.45) is 0 Å². The second-order valence-electron chi connectivity index (χ2n) is 4.45. The van der Waals surface area contributed by atoms with Crippen LogP contribution in [0.1, 0.15) is 5.82 Å². The number of hydrogen-bond acceptors (Lipinski definition) is 4. The monoisotopic (exact) mass is 367 g/mol. The van der Waals surface area contributed by atoms with Crippen molar-refractivity contribution < 1.29 is 13.2 Å². The molecule has 0 aliphatic heterocycles. The van der Waals surface area contributed by atoms with Gasteiger partial charge in [0.25, 0.3) is 0 Å². The second kappa shape index (κ2) is 5.28. The topological polar surface area (TPSA) is 55.6 Å². The third-order valence-electron chi connectivity index (χ3n) is 2.99. The van der Waals surface area contributed by atoms with Gasteiger partial charge in [-0.15, -0.1) is 0 Å². The normalized spacial score (nSPS) is 11.9. The molecule has 2 heterocycles. The maximum atomic E-state index is 13.0. The fourth-order valence-corrected chi connectivity index (χ4v) is 2.49. The predicted octanol–water partition coefficient (Wildman–Crippen LogP) is 1.67. The van der Waals surface area contributed by atoms with Gasteiger partial charge in [-0.05, 0) is 0 Å². The zero-order valence-corrected chi connectivity index (χ0v) is 13.1. The molecule has 2 radical (unpaired) electrons. The number of rotatable bonds is 2. The standard InChI is InChI=1S/C13H9AsF3N5/c1-18-10-9-11(21-12(20-10)13(15,16)17)22(6-19-9)8-4-2-3-7(14)5-8/h2-6H,1H3,(H,18,20,21). The molecule has 0 fully saturated rings. The maximum absolute atomic E-state index is 13.0. The van der Waals surface area contributed by atoms with E-state index in [1.165, 1.54) is 17.9 Å². The van der Waals surface area contributed by atoms with Crippen molar-refractivity contribution in [3.05, 3.63) is 36.4 Å². The van der Waals surface area contributed by atoms with Crippen LogP contribution in [0.25, 0.3) is 16.9 Å². The number of fused-ring (bicyclic) bond motifs is 1. The molecule has 0 aliphatic carbocycles. The van der Waals surface area contributed by atoms with Crippen LogP contribution in [0.4, 0.5) is 19.0 Å². The van der Waals surface area contributed by atoms with Crippen molar-refractivity contribution in [2.75, 3.05) is 12.4 Å². The van der Waals surface area contributed by atoms with Crippen molar-refractivity contribution in [3.8, 4) is 5.69 Å². The van der Waals surface area contributed by atoms with Gasteiger partial charge in [0.05, 0.1) is 0 Å². The Morgan fingerprint density at radius 1 is 1.23 bits per heavy atom. The molecule has 2 aromatic heterocycles. The molecule has 0 saturated carbocycles. The summed E-state index contributed by atoms with van der Waals surface area (Å²) in [7, 11) is 1.49. The van der Waals surface area contributed by atoms with Crippen LogP contribution in [0, 0.1) is 0 Å². The number of imidazole rings is 1. The molecule has 0 amide bonds. The molecule has 3 rings (SSSR count). The number of nitrogens with zero attached hydrogens (tertiary/aromatic N) is 4. The van der Waals surface area contributed by atoms with E-state index in [1.54, 1.807) is 12.1 Å². The van der Waals surface area contributed by atoms with Crippen LogP contribution in [0.2, 0.25) is 0 Å². The van der Waals surface area contributed by atoms with E-state index in [4.69, 9.17) is 0 Å². The molecule has 22 heavy (non-hydrogen) atoms. The number of anilines is 1. The number of alkyl halides is 3. The van der Waals surface area contributed by atoms with Gasteiger partial charge in [-0.2, -0.15) is 0 Å². The third kappa shape index (κ3) is 2.54. The SMILES string of the molecule is CNc1nc(C(F)(F)F)nc2c1ncn2-c1cccc([As])c1. The van der Waals surface area contributed by atoms with Crippen LogP contribution in [0.5, 0.6) is 0 Å². The van der Waals surface area contributed by atoms with Crippen LogP contribution < -0.4 is 9.67 Å². The summed E-state index contributed by atoms with van der Waals surface area (Å²) in [4.78, 5) is 11.3. The molecule has 5 nitrogen and oxygen atoms in total. The van der Waals surface area contributed by atoms with Crippen molar-refractivity contribution in [1.29, 1.82) is 0 Å². The summed E-state index contributed by atoms with van der Waals surface area (Å²) >= 11 is 2.38. The fourth-order valence-electron chi connectivity index (χ4n) is 2.03. The zero-order chi connectivity index (χ0) is 15.9. The Balaban J connectivity index is 2.29. The van der Waals surface area contributed by atoms with E-state index in [-0.39, 0.29) is 17.0 Å². The van der Waals surface area contributed by atoms with E-state index in [0.717, 1.165) is 4.35 Å². The van der Waals surface area contributed by atoms with E-state index in [2.05, 4.69) is 37.1 Å². The van der Waals surface area contributed by atoms with Gasteiger partial charge in [0.2, 0.25) is 0 Å². The summed E-state index contributed by atoms with van der Waals surface area (Å²) in [5, 5.41) is 2.63. The van der Waals surface area contributed by atoms with E-state index in [0.29, 0.717) is 5.69 Å². The third-order valence-corrected chi connectivity index (χ3v) is 3.58. The van der Waals surface area contributed by atoms with Gasteiger partial charge in [-0.1, -0.05) is 0 Å². The van der Waals surface area contributed by atoms with E-state index >= 15 is 0 Å². The average Bonchev–Trinajstić information content (AvgIpc) is 2.89. The molecule has 9 heteroatoms. The number of benzene rings is 1. The Labute approximate surface area is 132 Å². The van der Waals surface area contributed by atoms with E-state index in [9.17, 15) is 13.2 Å². The van der Waals surface area contributed by atoms with Crippen molar-refractivity contribution >= 4 is 38.2 Å². The van der Waals surface area contributed by atoms with E-state index < -0.39 is 12.0 Å².